The summed E-state index contributed by atoms with van der Waals surface area (Å²) in [5.74, 6) is 0.668. The van der Waals surface area contributed by atoms with Gasteiger partial charge in [0.1, 0.15) is 0 Å². The zero-order valence-electron chi connectivity index (χ0n) is 7.54. The van der Waals surface area contributed by atoms with Gasteiger partial charge in [-0.1, -0.05) is 18.6 Å². The molecule has 1 heterocycles. The average molecular weight is 159 g/mol. The average Bonchev–Trinajstić information content (AvgIpc) is 2.04. The minimum Gasteiger partial charge on any atom is -0.264 e. The van der Waals surface area contributed by atoms with Crippen LogP contribution in [0.5, 0.6) is 0 Å². The van der Waals surface area contributed by atoms with E-state index in [0.717, 1.165) is 0 Å². The fourth-order valence-corrected chi connectivity index (χ4v) is 1.89. The molecule has 0 aliphatic heterocycles. The Labute approximate surface area is 72.5 Å². The molecule has 1 aromatic heterocycles. The number of aromatic nitrogens is 1. The molecule has 1 aromatic rings. The van der Waals surface area contributed by atoms with Crippen LogP contribution < -0.4 is 10.4 Å². The zero-order valence-corrected chi connectivity index (χ0v) is 7.54. The summed E-state index contributed by atoms with van der Waals surface area (Å²) in [5.41, 5.74) is 1.49. The summed E-state index contributed by atoms with van der Waals surface area (Å²) in [7, 11) is 0. The molecule has 12 heavy (non-hydrogen) atoms. The molecule has 1 atom stereocenters. The van der Waals surface area contributed by atoms with Crippen molar-refractivity contribution in [1.82, 2.24) is 4.98 Å². The van der Waals surface area contributed by atoms with Crippen molar-refractivity contribution in [2.24, 2.45) is 5.92 Å². The highest BCUT2D eigenvalue weighted by Gasteiger charge is 2.05. The van der Waals surface area contributed by atoms with Gasteiger partial charge < -0.3 is 0 Å². The van der Waals surface area contributed by atoms with Crippen LogP contribution in [0.1, 0.15) is 20.3 Å². The lowest BCUT2D eigenvalue weighted by molar-refractivity contribution is 0.780. The summed E-state index contributed by atoms with van der Waals surface area (Å²) >= 11 is 0. The Morgan fingerprint density at radius 1 is 1.50 bits per heavy atom. The zero-order chi connectivity index (χ0) is 8.55. The van der Waals surface area contributed by atoms with Crippen molar-refractivity contribution < 1.29 is 0 Å². The van der Waals surface area contributed by atoms with E-state index in [4.69, 9.17) is 0 Å². The van der Waals surface area contributed by atoms with Crippen LogP contribution in [0, 0.1) is 5.92 Å². The Kier molecular flexibility index (Phi) is 1.72. The lowest BCUT2D eigenvalue weighted by Crippen LogP contribution is -2.31. The van der Waals surface area contributed by atoms with Gasteiger partial charge in [0.25, 0.3) is 0 Å². The molecule has 0 saturated heterocycles. The molecule has 0 aromatic carbocycles. The van der Waals surface area contributed by atoms with Gasteiger partial charge in [0.05, 0.1) is 0 Å². The van der Waals surface area contributed by atoms with Gasteiger partial charge in [-0.25, -0.2) is 0 Å². The third kappa shape index (κ3) is 1.15. The van der Waals surface area contributed by atoms with Crippen LogP contribution in [-0.4, -0.2) is 4.98 Å². The first-order valence-corrected chi connectivity index (χ1v) is 4.39. The molecule has 62 valence electrons. The first-order valence-electron chi connectivity index (χ1n) is 4.39. The van der Waals surface area contributed by atoms with Crippen LogP contribution in [0.25, 0.3) is 11.6 Å². The Hall–Kier alpha value is -1.11. The van der Waals surface area contributed by atoms with Gasteiger partial charge in [0.2, 0.25) is 0 Å². The molecular weight excluding hydrogens is 146 g/mol. The van der Waals surface area contributed by atoms with Crippen molar-refractivity contribution in [3.8, 4) is 0 Å². The Balaban J connectivity index is 2.81. The maximum absolute atomic E-state index is 4.12. The quantitative estimate of drug-likeness (QED) is 0.552. The van der Waals surface area contributed by atoms with Gasteiger partial charge in [-0.2, -0.15) is 0 Å². The van der Waals surface area contributed by atoms with Crippen molar-refractivity contribution in [3.63, 3.8) is 0 Å². The first kappa shape index (κ1) is 7.53. The maximum Gasteiger partial charge on any atom is 0.0343 e. The molecule has 0 amide bonds. The molecular formula is C11H13N. The van der Waals surface area contributed by atoms with Crippen molar-refractivity contribution in [3.05, 3.63) is 28.9 Å². The second-order valence-electron chi connectivity index (χ2n) is 3.59. The second-order valence-corrected chi connectivity index (χ2v) is 3.59. The summed E-state index contributed by atoms with van der Waals surface area (Å²) in [6.45, 7) is 4.46. The molecule has 1 unspecified atom stereocenters. The van der Waals surface area contributed by atoms with E-state index in [9.17, 15) is 0 Å². The monoisotopic (exact) mass is 159 g/mol. The minimum absolute atomic E-state index is 0.668. The van der Waals surface area contributed by atoms with Crippen molar-refractivity contribution in [1.29, 1.82) is 0 Å². The summed E-state index contributed by atoms with van der Waals surface area (Å²) in [5, 5.41) is 2.68. The van der Waals surface area contributed by atoms with E-state index in [1.807, 2.05) is 12.4 Å². The Bertz CT molecular complexity index is 403. The van der Waals surface area contributed by atoms with Gasteiger partial charge in [-0.05, 0) is 35.8 Å². The van der Waals surface area contributed by atoms with E-state index in [1.54, 1.807) is 0 Å². The third-order valence-corrected chi connectivity index (χ3v) is 2.40. The van der Waals surface area contributed by atoms with Crippen molar-refractivity contribution >= 4 is 11.6 Å². The molecule has 0 radical (unpaired) electrons. The van der Waals surface area contributed by atoms with Crippen LogP contribution in [0.2, 0.25) is 0 Å². The topological polar surface area (TPSA) is 12.9 Å². The highest BCUT2D eigenvalue weighted by atomic mass is 14.6. The van der Waals surface area contributed by atoms with Crippen molar-refractivity contribution in [2.75, 3.05) is 0 Å². The summed E-state index contributed by atoms with van der Waals surface area (Å²) in [6, 6.07) is 2.10. The lowest BCUT2D eigenvalue weighted by Gasteiger charge is -2.11. The smallest absolute Gasteiger partial charge is 0.0343 e. The van der Waals surface area contributed by atoms with E-state index in [0.29, 0.717) is 5.92 Å². The molecule has 0 N–H and O–H groups in total. The van der Waals surface area contributed by atoms with Crippen LogP contribution in [-0.2, 0) is 0 Å². The molecule has 1 aliphatic rings. The number of pyridine rings is 1. The van der Waals surface area contributed by atoms with E-state index < -0.39 is 0 Å². The van der Waals surface area contributed by atoms with Crippen molar-refractivity contribution in [2.45, 2.75) is 20.3 Å². The fourth-order valence-electron chi connectivity index (χ4n) is 1.89. The maximum atomic E-state index is 4.12. The number of rotatable bonds is 0. The minimum atomic E-state index is 0.668. The molecule has 0 fully saturated rings. The molecule has 1 aliphatic carbocycles. The summed E-state index contributed by atoms with van der Waals surface area (Å²) < 4.78 is 0. The van der Waals surface area contributed by atoms with Gasteiger partial charge >= 0.3 is 0 Å². The third-order valence-electron chi connectivity index (χ3n) is 2.40. The van der Waals surface area contributed by atoms with Gasteiger partial charge in [-0.3, -0.25) is 4.98 Å². The number of fused-ring (bicyclic) bond motifs is 1. The van der Waals surface area contributed by atoms with Crippen LogP contribution in [0.3, 0.4) is 0 Å². The summed E-state index contributed by atoms with van der Waals surface area (Å²) in [4.78, 5) is 4.12. The van der Waals surface area contributed by atoms with E-state index in [2.05, 4.69) is 31.0 Å². The second kappa shape index (κ2) is 2.74. The van der Waals surface area contributed by atoms with Gasteiger partial charge in [0, 0.05) is 12.4 Å². The lowest BCUT2D eigenvalue weighted by atomic mass is 9.94. The molecule has 1 heteroatoms. The Morgan fingerprint density at radius 3 is 3.17 bits per heavy atom. The summed E-state index contributed by atoms with van der Waals surface area (Å²) in [6.07, 6.45) is 7.31. The van der Waals surface area contributed by atoms with Crippen LogP contribution in [0.4, 0.5) is 0 Å². The van der Waals surface area contributed by atoms with Crippen LogP contribution in [0.15, 0.2) is 18.5 Å². The van der Waals surface area contributed by atoms with Gasteiger partial charge in [-0.15, -0.1) is 0 Å². The number of nitrogens with zero attached hydrogens (tertiary/aromatic N) is 1. The standard InChI is InChI=1S/C11H13N/c1-8-5-9(2)11-3-4-12-7-10(11)6-8/h3-4,6-8H,5H2,1-2H3. The molecule has 0 bridgehead atoms. The van der Waals surface area contributed by atoms with Crippen LogP contribution >= 0.6 is 0 Å². The Morgan fingerprint density at radius 2 is 2.33 bits per heavy atom. The van der Waals surface area contributed by atoms with E-state index in [-0.39, 0.29) is 0 Å². The number of hydrogen-bond donors (Lipinski definition) is 0. The molecule has 2 rings (SSSR count). The highest BCUT2D eigenvalue weighted by molar-refractivity contribution is 5.49. The first-order chi connectivity index (χ1) is 5.77. The van der Waals surface area contributed by atoms with Gasteiger partial charge in [0.15, 0.2) is 0 Å². The van der Waals surface area contributed by atoms with E-state index >= 15 is 0 Å². The SMILES string of the molecule is CC1=c2ccncc2=CC(C)C1. The molecule has 1 nitrogen and oxygen atoms in total. The predicted octanol–water partition coefficient (Wildman–Crippen LogP) is 1.07. The highest BCUT2D eigenvalue weighted by Crippen LogP contribution is 2.13. The predicted molar refractivity (Wildman–Crippen MR) is 50.8 cm³/mol. The largest absolute Gasteiger partial charge is 0.264 e. The molecule has 0 spiro atoms. The van der Waals surface area contributed by atoms with E-state index in [1.165, 1.54) is 22.4 Å². The normalized spacial score (nSPS) is 21.5. The number of hydrogen-bond acceptors (Lipinski definition) is 1. The molecule has 0 saturated carbocycles. The fraction of sp³-hybridized carbons (Fsp3) is 0.364.